The van der Waals surface area contributed by atoms with Crippen molar-refractivity contribution in [2.45, 2.75) is 12.8 Å². The molecule has 0 fully saturated rings. The molecule has 1 amide bonds. The first-order valence-electron chi connectivity index (χ1n) is 10.4. The van der Waals surface area contributed by atoms with E-state index >= 15 is 4.39 Å². The lowest BCUT2D eigenvalue weighted by Gasteiger charge is -2.19. The van der Waals surface area contributed by atoms with Crippen molar-refractivity contribution < 1.29 is 13.6 Å². The van der Waals surface area contributed by atoms with Crippen molar-refractivity contribution in [1.29, 1.82) is 0 Å². The summed E-state index contributed by atoms with van der Waals surface area (Å²) in [6, 6.07) is 7.79. The maximum absolute atomic E-state index is 15.2. The molecular weight excluding hydrogens is 464 g/mol. The van der Waals surface area contributed by atoms with Crippen molar-refractivity contribution in [3.05, 3.63) is 76.8 Å². The molecule has 4 heterocycles. The van der Waals surface area contributed by atoms with Gasteiger partial charge < -0.3 is 10.2 Å². The highest BCUT2D eigenvalue weighted by molar-refractivity contribution is 6.30. The second kappa shape index (κ2) is 8.79. The summed E-state index contributed by atoms with van der Waals surface area (Å²) in [5, 5.41) is 7.21. The number of hydrogen-bond donors (Lipinski definition) is 1. The monoisotopic (exact) mass is 481 g/mol. The van der Waals surface area contributed by atoms with E-state index in [-0.39, 0.29) is 28.7 Å². The van der Waals surface area contributed by atoms with Gasteiger partial charge in [0.2, 0.25) is 11.9 Å². The van der Waals surface area contributed by atoms with E-state index in [9.17, 15) is 9.18 Å². The zero-order valence-electron chi connectivity index (χ0n) is 18.0. The second-order valence-corrected chi connectivity index (χ2v) is 8.13. The number of rotatable bonds is 5. The SMILES string of the molecule is Cn1nccc1Nc1nccc(-c2cc(F)c3c(c2)CCN3C(=O)Cc2cc(F)cnc2Cl)n1. The van der Waals surface area contributed by atoms with Crippen molar-refractivity contribution in [3.8, 4) is 11.3 Å². The van der Waals surface area contributed by atoms with Crippen LogP contribution in [0, 0.1) is 11.6 Å². The molecule has 0 bridgehead atoms. The molecule has 0 saturated carbocycles. The number of benzene rings is 1. The van der Waals surface area contributed by atoms with Gasteiger partial charge in [-0.15, -0.1) is 0 Å². The highest BCUT2D eigenvalue weighted by Gasteiger charge is 2.29. The molecule has 5 rings (SSSR count). The zero-order chi connectivity index (χ0) is 23.8. The van der Waals surface area contributed by atoms with Gasteiger partial charge in [-0.3, -0.25) is 9.48 Å². The second-order valence-electron chi connectivity index (χ2n) is 7.77. The quantitative estimate of drug-likeness (QED) is 0.432. The molecule has 0 aliphatic carbocycles. The summed E-state index contributed by atoms with van der Waals surface area (Å²) in [6.45, 7) is 0.311. The molecule has 1 aliphatic rings. The van der Waals surface area contributed by atoms with Crippen molar-refractivity contribution in [3.63, 3.8) is 0 Å². The molecule has 0 spiro atoms. The Kier molecular flexibility index (Phi) is 5.66. The standard InChI is InChI=1S/C23H18ClF2N7O/c1-32-19(3-6-29-32)31-23-27-5-2-18(30-23)14-8-13-4-7-33(21(13)17(26)10-14)20(34)11-15-9-16(25)12-28-22(15)24/h2-3,5-6,8-10,12H,4,7,11H2,1H3,(H,27,30,31). The van der Waals surface area contributed by atoms with E-state index in [0.29, 0.717) is 41.6 Å². The Morgan fingerprint density at radius 1 is 1.18 bits per heavy atom. The van der Waals surface area contributed by atoms with E-state index < -0.39 is 11.6 Å². The Hall–Kier alpha value is -3.92. The van der Waals surface area contributed by atoms with E-state index in [1.165, 1.54) is 11.0 Å². The van der Waals surface area contributed by atoms with Gasteiger partial charge in [0, 0.05) is 37.0 Å². The third-order valence-electron chi connectivity index (χ3n) is 5.55. The molecular formula is C23H18ClF2N7O. The highest BCUT2D eigenvalue weighted by Crippen LogP contribution is 2.35. The fourth-order valence-corrected chi connectivity index (χ4v) is 4.10. The lowest BCUT2D eigenvalue weighted by Crippen LogP contribution is -2.31. The van der Waals surface area contributed by atoms with Gasteiger partial charge in [-0.2, -0.15) is 5.10 Å². The average molecular weight is 482 g/mol. The Bertz CT molecular complexity index is 1410. The zero-order valence-corrected chi connectivity index (χ0v) is 18.7. The molecule has 4 aromatic rings. The number of nitrogens with zero attached hydrogens (tertiary/aromatic N) is 6. The summed E-state index contributed by atoms with van der Waals surface area (Å²) in [5.41, 5.74) is 2.26. The van der Waals surface area contributed by atoms with Crippen LogP contribution < -0.4 is 10.2 Å². The number of carbonyl (C=O) groups excluding carboxylic acids is 1. The predicted molar refractivity (Wildman–Crippen MR) is 123 cm³/mol. The summed E-state index contributed by atoms with van der Waals surface area (Å²) in [5.74, 6) is -0.461. The van der Waals surface area contributed by atoms with Gasteiger partial charge in [0.05, 0.1) is 30.2 Å². The Morgan fingerprint density at radius 2 is 2.03 bits per heavy atom. The van der Waals surface area contributed by atoms with Crippen molar-refractivity contribution in [2.75, 3.05) is 16.8 Å². The van der Waals surface area contributed by atoms with Gasteiger partial charge in [0.25, 0.3) is 0 Å². The number of aryl methyl sites for hydroxylation is 1. The van der Waals surface area contributed by atoms with Crippen LogP contribution >= 0.6 is 11.6 Å². The molecule has 11 heteroatoms. The number of nitrogens with one attached hydrogen (secondary N) is 1. The number of amides is 1. The summed E-state index contributed by atoms with van der Waals surface area (Å²) >= 11 is 5.99. The smallest absolute Gasteiger partial charge is 0.231 e. The number of anilines is 3. The number of carbonyl (C=O) groups is 1. The van der Waals surface area contributed by atoms with Gasteiger partial charge in [-0.25, -0.2) is 23.7 Å². The van der Waals surface area contributed by atoms with Gasteiger partial charge in [0.15, 0.2) is 0 Å². The van der Waals surface area contributed by atoms with Crippen molar-refractivity contribution >= 4 is 35.0 Å². The van der Waals surface area contributed by atoms with Crippen LogP contribution in [0.15, 0.2) is 48.9 Å². The molecule has 1 aliphatic heterocycles. The number of fused-ring (bicyclic) bond motifs is 1. The molecule has 1 N–H and O–H groups in total. The molecule has 8 nitrogen and oxygen atoms in total. The van der Waals surface area contributed by atoms with Gasteiger partial charge in [-0.1, -0.05) is 11.6 Å². The third kappa shape index (κ3) is 4.19. The minimum atomic E-state index is -0.591. The number of aromatic nitrogens is 5. The molecule has 0 atom stereocenters. The van der Waals surface area contributed by atoms with Crippen LogP contribution in [0.25, 0.3) is 11.3 Å². The highest BCUT2D eigenvalue weighted by atomic mass is 35.5. The molecule has 1 aromatic carbocycles. The first-order valence-corrected chi connectivity index (χ1v) is 10.8. The maximum atomic E-state index is 15.2. The van der Waals surface area contributed by atoms with Crippen molar-refractivity contribution in [2.24, 2.45) is 7.05 Å². The fraction of sp³-hybridized carbons (Fsp3) is 0.174. The summed E-state index contributed by atoms with van der Waals surface area (Å²) in [4.78, 5) is 26.7. The average Bonchev–Trinajstić information content (AvgIpc) is 3.43. The molecule has 0 radical (unpaired) electrons. The van der Waals surface area contributed by atoms with Crippen LogP contribution in [-0.2, 0) is 24.7 Å². The van der Waals surface area contributed by atoms with E-state index in [1.54, 1.807) is 36.3 Å². The fourth-order valence-electron chi connectivity index (χ4n) is 3.93. The first kappa shape index (κ1) is 21.9. The Morgan fingerprint density at radius 3 is 2.82 bits per heavy atom. The minimum Gasteiger partial charge on any atom is -0.309 e. The van der Waals surface area contributed by atoms with Gasteiger partial charge in [0.1, 0.15) is 22.6 Å². The minimum absolute atomic E-state index is 0.0456. The summed E-state index contributed by atoms with van der Waals surface area (Å²) in [7, 11) is 1.79. The van der Waals surface area contributed by atoms with E-state index in [1.807, 2.05) is 6.07 Å². The Balaban J connectivity index is 1.40. The van der Waals surface area contributed by atoms with Gasteiger partial charge >= 0.3 is 0 Å². The predicted octanol–water partition coefficient (Wildman–Crippen LogP) is 4.08. The van der Waals surface area contributed by atoms with E-state index in [0.717, 1.165) is 12.3 Å². The van der Waals surface area contributed by atoms with Crippen LogP contribution in [-0.4, -0.2) is 37.2 Å². The summed E-state index contributed by atoms with van der Waals surface area (Å²) < 4.78 is 30.4. The largest absolute Gasteiger partial charge is 0.309 e. The molecule has 3 aromatic heterocycles. The lowest BCUT2D eigenvalue weighted by molar-refractivity contribution is -0.117. The third-order valence-corrected chi connectivity index (χ3v) is 5.89. The molecule has 0 saturated heterocycles. The lowest BCUT2D eigenvalue weighted by atomic mass is 10.0. The van der Waals surface area contributed by atoms with Crippen molar-refractivity contribution in [1.82, 2.24) is 24.7 Å². The van der Waals surface area contributed by atoms with E-state index in [4.69, 9.17) is 11.6 Å². The molecule has 0 unspecified atom stereocenters. The summed E-state index contributed by atoms with van der Waals surface area (Å²) in [6.07, 6.45) is 4.51. The maximum Gasteiger partial charge on any atom is 0.231 e. The number of pyridine rings is 1. The molecule has 172 valence electrons. The van der Waals surface area contributed by atoms with Gasteiger partial charge in [-0.05, 0) is 36.2 Å². The number of hydrogen-bond acceptors (Lipinski definition) is 6. The molecule has 34 heavy (non-hydrogen) atoms. The van der Waals surface area contributed by atoms with Crippen LogP contribution in [0.1, 0.15) is 11.1 Å². The van der Waals surface area contributed by atoms with Crippen LogP contribution in [0.4, 0.5) is 26.2 Å². The van der Waals surface area contributed by atoms with Crippen LogP contribution in [0.3, 0.4) is 0 Å². The Labute approximate surface area is 198 Å². The van der Waals surface area contributed by atoms with Crippen LogP contribution in [0.2, 0.25) is 5.15 Å². The topological polar surface area (TPSA) is 88.8 Å². The number of halogens is 3. The van der Waals surface area contributed by atoms with Crippen LogP contribution in [0.5, 0.6) is 0 Å². The normalized spacial score (nSPS) is 12.6. The van der Waals surface area contributed by atoms with E-state index in [2.05, 4.69) is 25.4 Å². The first-order chi connectivity index (χ1) is 16.4.